The van der Waals surface area contributed by atoms with Gasteiger partial charge in [-0.25, -0.2) is 14.6 Å². The normalized spacial score (nSPS) is 26.3. The molecule has 0 spiro atoms. The molecular formula is C26H45NO4. The maximum atomic E-state index is 11.0. The molecule has 1 saturated carbocycles. The molecular weight excluding hydrogens is 390 g/mol. The van der Waals surface area contributed by atoms with E-state index in [2.05, 4.69) is 18.5 Å². The van der Waals surface area contributed by atoms with E-state index >= 15 is 0 Å². The second-order valence-corrected chi connectivity index (χ2v) is 9.35. The zero-order chi connectivity index (χ0) is 22.2. The van der Waals surface area contributed by atoms with Crippen LogP contribution in [0.1, 0.15) is 83.5 Å². The highest BCUT2D eigenvalue weighted by molar-refractivity contribution is 5.81. The first kappa shape index (κ1) is 26.1. The van der Waals surface area contributed by atoms with Crippen LogP contribution in [-0.2, 0) is 19.3 Å². The summed E-state index contributed by atoms with van der Waals surface area (Å²) in [7, 11) is 0. The lowest BCUT2D eigenvalue weighted by Gasteiger charge is -2.38. The number of carbonyl (C=O) groups is 1. The van der Waals surface area contributed by atoms with E-state index in [0.29, 0.717) is 19.8 Å². The maximum Gasteiger partial charge on any atom is 0.330 e. The van der Waals surface area contributed by atoms with Gasteiger partial charge in [-0.2, -0.15) is 0 Å². The number of hydrogen-bond donors (Lipinski definition) is 1. The van der Waals surface area contributed by atoms with Crippen molar-refractivity contribution in [1.29, 1.82) is 0 Å². The molecule has 1 aliphatic carbocycles. The monoisotopic (exact) mass is 435 g/mol. The fourth-order valence-corrected chi connectivity index (χ4v) is 5.17. The van der Waals surface area contributed by atoms with Gasteiger partial charge < -0.3 is 10.1 Å². The molecule has 1 saturated heterocycles. The number of rotatable bonds is 16. The summed E-state index contributed by atoms with van der Waals surface area (Å²) in [5.74, 6) is 2.29. The summed E-state index contributed by atoms with van der Waals surface area (Å²) in [5, 5.41) is 3.87. The van der Waals surface area contributed by atoms with E-state index in [1.165, 1.54) is 76.8 Å². The van der Waals surface area contributed by atoms with Crippen molar-refractivity contribution in [2.75, 3.05) is 26.4 Å². The predicted molar refractivity (Wildman–Crippen MR) is 126 cm³/mol. The zero-order valence-corrected chi connectivity index (χ0v) is 19.5. The molecule has 0 amide bonds. The average Bonchev–Trinajstić information content (AvgIpc) is 2.81. The van der Waals surface area contributed by atoms with Crippen molar-refractivity contribution in [3.05, 3.63) is 25.3 Å². The molecule has 1 N–H and O–H groups in total. The van der Waals surface area contributed by atoms with Gasteiger partial charge in [0.15, 0.2) is 0 Å². The molecule has 0 aromatic carbocycles. The Balaban J connectivity index is 1.45. The molecule has 0 aromatic heterocycles. The summed E-state index contributed by atoms with van der Waals surface area (Å²) in [4.78, 5) is 21.1. The van der Waals surface area contributed by atoms with E-state index in [4.69, 9.17) is 14.5 Å². The van der Waals surface area contributed by atoms with Crippen LogP contribution in [0.15, 0.2) is 25.3 Å². The van der Waals surface area contributed by atoms with Crippen LogP contribution in [0.25, 0.3) is 0 Å². The molecule has 1 aliphatic heterocycles. The highest BCUT2D eigenvalue weighted by Gasteiger charge is 2.30. The molecule has 2 rings (SSSR count). The SMILES string of the molecule is C=CCOOCCCC1CCC(C2CCC(CCCCCCOC(=O)C=C)CC2)NC1. The molecule has 0 bridgehead atoms. The van der Waals surface area contributed by atoms with Crippen molar-refractivity contribution < 1.29 is 19.3 Å². The molecule has 178 valence electrons. The molecule has 5 heteroatoms. The molecule has 31 heavy (non-hydrogen) atoms. The lowest BCUT2D eigenvalue weighted by molar-refractivity contribution is -0.286. The zero-order valence-electron chi connectivity index (χ0n) is 19.5. The van der Waals surface area contributed by atoms with Crippen LogP contribution in [0, 0.1) is 17.8 Å². The van der Waals surface area contributed by atoms with Crippen molar-refractivity contribution in [2.45, 2.75) is 89.5 Å². The summed E-state index contributed by atoms with van der Waals surface area (Å²) >= 11 is 0. The van der Waals surface area contributed by atoms with Crippen LogP contribution in [-0.4, -0.2) is 38.4 Å². The number of nitrogens with one attached hydrogen (secondary N) is 1. The fourth-order valence-electron chi connectivity index (χ4n) is 5.17. The largest absolute Gasteiger partial charge is 0.463 e. The standard InChI is InChI=1S/C26H45NO4/c1-3-18-30-31-20-9-11-23-14-17-25(27-21-23)24-15-12-22(13-16-24)10-7-5-6-8-19-29-26(28)4-2/h3-4,22-25,27H,1-2,5-21H2. The topological polar surface area (TPSA) is 56.8 Å². The van der Waals surface area contributed by atoms with Crippen molar-refractivity contribution in [3.63, 3.8) is 0 Å². The van der Waals surface area contributed by atoms with Gasteiger partial charge in [0.2, 0.25) is 0 Å². The lowest BCUT2D eigenvalue weighted by Crippen LogP contribution is -2.44. The molecule has 2 atom stereocenters. The predicted octanol–water partition coefficient (Wildman–Crippen LogP) is 5.76. The minimum Gasteiger partial charge on any atom is -0.463 e. The fraction of sp³-hybridized carbons (Fsp3) is 0.808. The van der Waals surface area contributed by atoms with Crippen molar-refractivity contribution >= 4 is 5.97 Å². The smallest absolute Gasteiger partial charge is 0.330 e. The van der Waals surface area contributed by atoms with Gasteiger partial charge in [0, 0.05) is 12.1 Å². The summed E-state index contributed by atoms with van der Waals surface area (Å²) < 4.78 is 5.02. The van der Waals surface area contributed by atoms with E-state index < -0.39 is 0 Å². The number of unbranched alkanes of at least 4 members (excludes halogenated alkanes) is 3. The number of esters is 1. The van der Waals surface area contributed by atoms with Gasteiger partial charge in [0.25, 0.3) is 0 Å². The molecule has 0 aromatic rings. The van der Waals surface area contributed by atoms with Crippen molar-refractivity contribution in [1.82, 2.24) is 5.32 Å². The summed E-state index contributed by atoms with van der Waals surface area (Å²) in [6.07, 6.45) is 19.6. The Morgan fingerprint density at radius 3 is 2.29 bits per heavy atom. The molecule has 5 nitrogen and oxygen atoms in total. The Hall–Kier alpha value is -1.17. The minimum absolute atomic E-state index is 0.306. The summed E-state index contributed by atoms with van der Waals surface area (Å²) in [5.41, 5.74) is 0. The van der Waals surface area contributed by atoms with Gasteiger partial charge in [-0.1, -0.05) is 51.2 Å². The maximum absolute atomic E-state index is 11.0. The van der Waals surface area contributed by atoms with Gasteiger partial charge in [-0.3, -0.25) is 0 Å². The van der Waals surface area contributed by atoms with Gasteiger partial charge in [0.1, 0.15) is 6.61 Å². The Labute approximate surface area is 189 Å². The third-order valence-corrected chi connectivity index (χ3v) is 7.04. The first-order valence-electron chi connectivity index (χ1n) is 12.6. The van der Waals surface area contributed by atoms with E-state index in [9.17, 15) is 4.79 Å². The molecule has 0 radical (unpaired) electrons. The molecule has 1 heterocycles. The van der Waals surface area contributed by atoms with E-state index in [0.717, 1.165) is 43.1 Å². The van der Waals surface area contributed by atoms with Crippen LogP contribution in [0.2, 0.25) is 0 Å². The van der Waals surface area contributed by atoms with Crippen LogP contribution >= 0.6 is 0 Å². The van der Waals surface area contributed by atoms with Gasteiger partial charge >= 0.3 is 5.97 Å². The van der Waals surface area contributed by atoms with Crippen LogP contribution in [0.5, 0.6) is 0 Å². The summed E-state index contributed by atoms with van der Waals surface area (Å²) in [6.45, 7) is 9.86. The highest BCUT2D eigenvalue weighted by atomic mass is 17.2. The molecule has 2 aliphatic rings. The van der Waals surface area contributed by atoms with Crippen LogP contribution < -0.4 is 5.32 Å². The number of piperidine rings is 1. The van der Waals surface area contributed by atoms with E-state index in [1.807, 2.05) is 0 Å². The van der Waals surface area contributed by atoms with Gasteiger partial charge in [-0.05, 0) is 69.2 Å². The molecule has 2 unspecified atom stereocenters. The Morgan fingerprint density at radius 1 is 0.839 bits per heavy atom. The van der Waals surface area contributed by atoms with Crippen molar-refractivity contribution in [2.24, 2.45) is 17.8 Å². The van der Waals surface area contributed by atoms with Gasteiger partial charge in [0.05, 0.1) is 13.2 Å². The average molecular weight is 436 g/mol. The lowest BCUT2D eigenvalue weighted by atomic mass is 9.74. The minimum atomic E-state index is -0.306. The summed E-state index contributed by atoms with van der Waals surface area (Å²) in [6, 6.07) is 0.739. The van der Waals surface area contributed by atoms with E-state index in [-0.39, 0.29) is 5.97 Å². The second-order valence-electron chi connectivity index (χ2n) is 9.35. The Kier molecular flexibility index (Phi) is 13.9. The quantitative estimate of drug-likeness (QED) is 0.0835. The number of hydrogen-bond acceptors (Lipinski definition) is 5. The number of ether oxygens (including phenoxy) is 1. The Morgan fingerprint density at radius 2 is 1.58 bits per heavy atom. The van der Waals surface area contributed by atoms with Crippen molar-refractivity contribution in [3.8, 4) is 0 Å². The Bertz CT molecular complexity index is 494. The van der Waals surface area contributed by atoms with Crippen LogP contribution in [0.4, 0.5) is 0 Å². The van der Waals surface area contributed by atoms with E-state index in [1.54, 1.807) is 6.08 Å². The third-order valence-electron chi connectivity index (χ3n) is 7.04. The first-order valence-corrected chi connectivity index (χ1v) is 12.6. The first-order chi connectivity index (χ1) is 15.2. The van der Waals surface area contributed by atoms with Gasteiger partial charge in [-0.15, -0.1) is 6.58 Å². The number of carbonyl (C=O) groups excluding carboxylic acids is 1. The second kappa shape index (κ2) is 16.5. The highest BCUT2D eigenvalue weighted by Crippen LogP contribution is 2.36. The third kappa shape index (κ3) is 11.3. The van der Waals surface area contributed by atoms with Crippen LogP contribution in [0.3, 0.4) is 0 Å². The molecule has 2 fully saturated rings.